The van der Waals surface area contributed by atoms with Crippen molar-refractivity contribution in [1.82, 2.24) is 10.0 Å². The fourth-order valence-corrected chi connectivity index (χ4v) is 4.36. The van der Waals surface area contributed by atoms with Crippen LogP contribution < -0.4 is 10.0 Å². The molecular weight excluding hydrogens is 333 g/mol. The molecule has 0 saturated heterocycles. The minimum Gasteiger partial charge on any atom is -0.312 e. The third-order valence-electron chi connectivity index (χ3n) is 2.19. The fraction of sp³-hybridized carbons (Fsp3) is 0.600. The molecule has 0 aliphatic carbocycles. The normalized spacial score (nSPS) is 12.8. The number of hydrogen-bond donors (Lipinski definition) is 2. The van der Waals surface area contributed by atoms with Crippen LogP contribution in [0.5, 0.6) is 0 Å². The van der Waals surface area contributed by atoms with E-state index >= 15 is 0 Å². The summed E-state index contributed by atoms with van der Waals surface area (Å²) >= 11 is 1.05. The number of nitrogens with one attached hydrogen (secondary N) is 2. The molecule has 0 spiro atoms. The SMILES string of the molecule is CCNCc1sccc1S(=O)(=O)NCCSC(F)(F)F. The van der Waals surface area contributed by atoms with Gasteiger partial charge in [0.2, 0.25) is 10.0 Å². The standard InChI is InChI=1S/C10H15F3N2O2S3/c1-2-14-7-8-9(3-5-18-8)20(16,17)15-4-6-19-10(11,12)13/h3,5,14-15H,2,4,6-7H2,1H3. The summed E-state index contributed by atoms with van der Waals surface area (Å²) in [5.41, 5.74) is -4.34. The Bertz CT molecular complexity index is 514. The van der Waals surface area contributed by atoms with Gasteiger partial charge in [-0.15, -0.1) is 11.3 Å². The Hall–Kier alpha value is -0.290. The summed E-state index contributed by atoms with van der Waals surface area (Å²) in [6, 6.07) is 1.45. The van der Waals surface area contributed by atoms with Gasteiger partial charge in [0.1, 0.15) is 0 Å². The first-order valence-electron chi connectivity index (χ1n) is 5.73. The molecule has 1 heterocycles. The lowest BCUT2D eigenvalue weighted by atomic mass is 10.4. The number of thioether (sulfide) groups is 1. The lowest BCUT2D eigenvalue weighted by molar-refractivity contribution is -0.0327. The highest BCUT2D eigenvalue weighted by Gasteiger charge is 2.28. The molecule has 0 aliphatic rings. The van der Waals surface area contributed by atoms with E-state index in [1.54, 1.807) is 5.38 Å². The van der Waals surface area contributed by atoms with Crippen LogP contribution in [0.25, 0.3) is 0 Å². The summed E-state index contributed by atoms with van der Waals surface area (Å²) in [5, 5.41) is 4.66. The monoisotopic (exact) mass is 348 g/mol. The lowest BCUT2D eigenvalue weighted by Gasteiger charge is -2.09. The average Bonchev–Trinajstić information content (AvgIpc) is 2.80. The fourth-order valence-electron chi connectivity index (χ4n) is 1.36. The number of halogens is 3. The van der Waals surface area contributed by atoms with E-state index in [0.717, 1.165) is 0 Å². The van der Waals surface area contributed by atoms with E-state index in [2.05, 4.69) is 10.0 Å². The molecule has 0 atom stereocenters. The quantitative estimate of drug-likeness (QED) is 0.708. The molecule has 10 heteroatoms. The second kappa shape index (κ2) is 7.64. The predicted molar refractivity (Wildman–Crippen MR) is 75.4 cm³/mol. The van der Waals surface area contributed by atoms with Crippen LogP contribution in [0.4, 0.5) is 13.2 Å². The first kappa shape index (κ1) is 17.8. The number of hydrogen-bond acceptors (Lipinski definition) is 5. The van der Waals surface area contributed by atoms with Crippen LogP contribution in [-0.4, -0.2) is 32.8 Å². The van der Waals surface area contributed by atoms with E-state index in [9.17, 15) is 21.6 Å². The van der Waals surface area contributed by atoms with Crippen LogP contribution in [0.15, 0.2) is 16.3 Å². The maximum atomic E-state index is 12.0. The molecule has 0 bridgehead atoms. The molecule has 0 amide bonds. The Balaban J connectivity index is 2.58. The second-order valence-electron chi connectivity index (χ2n) is 3.68. The third-order valence-corrected chi connectivity index (χ3v) is 5.52. The lowest BCUT2D eigenvalue weighted by Crippen LogP contribution is -2.27. The molecule has 116 valence electrons. The van der Waals surface area contributed by atoms with E-state index in [0.29, 0.717) is 18.0 Å². The minimum absolute atomic E-state index is 0.125. The van der Waals surface area contributed by atoms with Gasteiger partial charge in [0.05, 0.1) is 4.90 Å². The van der Waals surface area contributed by atoms with Crippen LogP contribution in [0.3, 0.4) is 0 Å². The zero-order chi connectivity index (χ0) is 15.2. The van der Waals surface area contributed by atoms with Gasteiger partial charge >= 0.3 is 5.51 Å². The zero-order valence-electron chi connectivity index (χ0n) is 10.7. The van der Waals surface area contributed by atoms with Gasteiger partial charge in [-0.25, -0.2) is 13.1 Å². The van der Waals surface area contributed by atoms with Crippen LogP contribution in [0.2, 0.25) is 0 Å². The predicted octanol–water partition coefficient (Wildman–Crippen LogP) is 2.39. The Labute approximate surface area is 124 Å². The molecule has 1 rings (SSSR count). The summed E-state index contributed by atoms with van der Waals surface area (Å²) in [6.07, 6.45) is 0. The van der Waals surface area contributed by atoms with Crippen LogP contribution in [0, 0.1) is 0 Å². The highest BCUT2D eigenvalue weighted by molar-refractivity contribution is 8.00. The summed E-state index contributed by atoms with van der Waals surface area (Å²) in [5.74, 6) is -0.352. The highest BCUT2D eigenvalue weighted by atomic mass is 32.2. The molecule has 0 aromatic carbocycles. The van der Waals surface area contributed by atoms with Crippen LogP contribution in [0.1, 0.15) is 11.8 Å². The van der Waals surface area contributed by atoms with Gasteiger partial charge in [-0.05, 0) is 29.8 Å². The van der Waals surface area contributed by atoms with Crippen molar-refractivity contribution in [3.05, 3.63) is 16.3 Å². The Morgan fingerprint density at radius 1 is 1.40 bits per heavy atom. The highest BCUT2D eigenvalue weighted by Crippen LogP contribution is 2.29. The smallest absolute Gasteiger partial charge is 0.312 e. The summed E-state index contributed by atoms with van der Waals surface area (Å²) in [6.45, 7) is 2.76. The van der Waals surface area contributed by atoms with E-state index in [4.69, 9.17) is 0 Å². The van der Waals surface area contributed by atoms with E-state index in [1.807, 2.05) is 6.92 Å². The van der Waals surface area contributed by atoms with Gasteiger partial charge in [-0.3, -0.25) is 0 Å². The number of sulfonamides is 1. The van der Waals surface area contributed by atoms with E-state index < -0.39 is 15.5 Å². The molecule has 0 aliphatic heterocycles. The Morgan fingerprint density at radius 3 is 2.70 bits per heavy atom. The molecular formula is C10H15F3N2O2S3. The maximum absolute atomic E-state index is 12.0. The van der Waals surface area contributed by atoms with E-state index in [-0.39, 0.29) is 29.0 Å². The summed E-state index contributed by atoms with van der Waals surface area (Å²) in [4.78, 5) is 0.767. The van der Waals surface area contributed by atoms with Crippen LogP contribution in [-0.2, 0) is 16.6 Å². The summed E-state index contributed by atoms with van der Waals surface area (Å²) in [7, 11) is -3.76. The first-order valence-corrected chi connectivity index (χ1v) is 9.08. The van der Waals surface area contributed by atoms with Crippen molar-refractivity contribution < 1.29 is 21.6 Å². The van der Waals surface area contributed by atoms with Crippen molar-refractivity contribution in [2.45, 2.75) is 23.9 Å². The van der Waals surface area contributed by atoms with Crippen molar-refractivity contribution in [3.8, 4) is 0 Å². The van der Waals surface area contributed by atoms with Crippen molar-refractivity contribution in [2.24, 2.45) is 0 Å². The summed E-state index contributed by atoms with van der Waals surface area (Å²) < 4.78 is 61.9. The largest absolute Gasteiger partial charge is 0.441 e. The number of rotatable bonds is 8. The van der Waals surface area contributed by atoms with E-state index in [1.165, 1.54) is 17.4 Å². The number of alkyl halides is 3. The zero-order valence-corrected chi connectivity index (χ0v) is 13.1. The van der Waals surface area contributed by atoms with Crippen molar-refractivity contribution in [1.29, 1.82) is 0 Å². The van der Waals surface area contributed by atoms with Gasteiger partial charge in [-0.1, -0.05) is 6.92 Å². The van der Waals surface area contributed by atoms with Crippen LogP contribution >= 0.6 is 23.1 Å². The molecule has 4 nitrogen and oxygen atoms in total. The first-order chi connectivity index (χ1) is 9.26. The second-order valence-corrected chi connectivity index (χ2v) is 7.58. The molecule has 1 aromatic rings. The minimum atomic E-state index is -4.34. The van der Waals surface area contributed by atoms with Gasteiger partial charge in [-0.2, -0.15) is 13.2 Å². The third kappa shape index (κ3) is 6.00. The maximum Gasteiger partial charge on any atom is 0.441 e. The van der Waals surface area contributed by atoms with Crippen molar-refractivity contribution in [2.75, 3.05) is 18.8 Å². The molecule has 0 saturated carbocycles. The molecule has 1 aromatic heterocycles. The molecule has 2 N–H and O–H groups in total. The van der Waals surface area contributed by atoms with Gasteiger partial charge in [0.25, 0.3) is 0 Å². The Morgan fingerprint density at radius 2 is 2.10 bits per heavy atom. The van der Waals surface area contributed by atoms with Gasteiger partial charge in [0, 0.05) is 23.7 Å². The molecule has 0 radical (unpaired) electrons. The van der Waals surface area contributed by atoms with Crippen molar-refractivity contribution >= 4 is 33.1 Å². The van der Waals surface area contributed by atoms with Gasteiger partial charge in [0.15, 0.2) is 0 Å². The molecule has 20 heavy (non-hydrogen) atoms. The van der Waals surface area contributed by atoms with Crippen molar-refractivity contribution in [3.63, 3.8) is 0 Å². The molecule has 0 unspecified atom stereocenters. The molecule has 0 fully saturated rings. The number of thiophene rings is 1. The average molecular weight is 348 g/mol. The van der Waals surface area contributed by atoms with Gasteiger partial charge < -0.3 is 5.32 Å². The topological polar surface area (TPSA) is 58.2 Å². The Kier molecular flexibility index (Phi) is 6.79.